The molecule has 0 aromatic heterocycles. The first kappa shape index (κ1) is 16.9. The van der Waals surface area contributed by atoms with Crippen molar-refractivity contribution in [2.24, 2.45) is 29.1 Å². The number of hydrogen-bond acceptors (Lipinski definition) is 3. The molecule has 0 aliphatic heterocycles. The molecule has 0 spiro atoms. The second-order valence-corrected chi connectivity index (χ2v) is 8.69. The van der Waals surface area contributed by atoms with Crippen molar-refractivity contribution in [3.05, 3.63) is 60.2 Å². The average Bonchev–Trinajstić information content (AvgIpc) is 3.36. The van der Waals surface area contributed by atoms with Crippen molar-refractivity contribution in [1.29, 1.82) is 0 Å². The summed E-state index contributed by atoms with van der Waals surface area (Å²) in [6.07, 6.45) is 6.16. The molecule has 27 heavy (non-hydrogen) atoms. The molecule has 2 bridgehead atoms. The van der Waals surface area contributed by atoms with Crippen molar-refractivity contribution in [1.82, 2.24) is 0 Å². The van der Waals surface area contributed by atoms with E-state index in [1.54, 1.807) is 0 Å². The second-order valence-electron chi connectivity index (χ2n) is 8.69. The third-order valence-electron chi connectivity index (χ3n) is 7.50. The summed E-state index contributed by atoms with van der Waals surface area (Å²) in [4.78, 5) is 12.1. The van der Waals surface area contributed by atoms with Gasteiger partial charge >= 0.3 is 0 Å². The van der Waals surface area contributed by atoms with Crippen molar-refractivity contribution >= 4 is 5.97 Å². The zero-order valence-electron chi connectivity index (χ0n) is 15.5. The normalized spacial score (nSPS) is 33.8. The molecule has 0 radical (unpaired) electrons. The van der Waals surface area contributed by atoms with Crippen LogP contribution in [-0.4, -0.2) is 5.97 Å². The number of carbonyl (C=O) groups is 1. The van der Waals surface area contributed by atoms with E-state index >= 15 is 0 Å². The first-order chi connectivity index (χ1) is 13.2. The fourth-order valence-corrected chi connectivity index (χ4v) is 6.58. The minimum atomic E-state index is -0.775. The molecule has 0 N–H and O–H groups in total. The number of aliphatic carboxylic acids is 1. The third-order valence-corrected chi connectivity index (χ3v) is 7.50. The Kier molecular flexibility index (Phi) is 3.99. The predicted octanol–water partition coefficient (Wildman–Crippen LogP) is 4.21. The molecule has 0 heterocycles. The van der Waals surface area contributed by atoms with Gasteiger partial charge in [0, 0.05) is 11.4 Å². The molecular formula is C24H25O3-. The summed E-state index contributed by atoms with van der Waals surface area (Å²) in [5.74, 6) is 2.60. The van der Waals surface area contributed by atoms with Crippen LogP contribution in [0.2, 0.25) is 0 Å². The predicted molar refractivity (Wildman–Crippen MR) is 101 cm³/mol. The van der Waals surface area contributed by atoms with Gasteiger partial charge in [0.2, 0.25) is 0 Å². The molecular weight excluding hydrogens is 336 g/mol. The van der Waals surface area contributed by atoms with Gasteiger partial charge in [-0.2, -0.15) is 0 Å². The van der Waals surface area contributed by atoms with Crippen molar-refractivity contribution in [2.45, 2.75) is 38.5 Å². The Hall–Kier alpha value is -2.29. The van der Waals surface area contributed by atoms with Crippen LogP contribution in [0.5, 0.6) is 11.5 Å². The van der Waals surface area contributed by atoms with E-state index in [2.05, 4.69) is 12.1 Å². The maximum Gasteiger partial charge on any atom is 0.127 e. The number of carbonyl (C=O) groups excluding carboxylic acids is 1. The van der Waals surface area contributed by atoms with Gasteiger partial charge < -0.3 is 14.6 Å². The van der Waals surface area contributed by atoms with Gasteiger partial charge in [-0.05, 0) is 92.0 Å². The molecule has 0 saturated heterocycles. The Balaban J connectivity index is 1.36. The molecule has 1 unspecified atom stereocenters. The van der Waals surface area contributed by atoms with Crippen LogP contribution in [0.15, 0.2) is 54.6 Å². The van der Waals surface area contributed by atoms with Crippen LogP contribution in [0.3, 0.4) is 0 Å². The minimum absolute atomic E-state index is 0.306. The number of fused-ring (bicyclic) bond motifs is 5. The van der Waals surface area contributed by atoms with E-state index in [1.165, 1.54) is 12.0 Å². The number of ether oxygens (including phenoxy) is 1. The zero-order chi connectivity index (χ0) is 18.4. The Morgan fingerprint density at radius 3 is 2.67 bits per heavy atom. The molecule has 3 aliphatic rings. The summed E-state index contributed by atoms with van der Waals surface area (Å²) in [7, 11) is 0. The highest BCUT2D eigenvalue weighted by Gasteiger charge is 2.63. The maximum atomic E-state index is 12.1. The molecule has 140 valence electrons. The van der Waals surface area contributed by atoms with Gasteiger partial charge in [0.05, 0.1) is 0 Å². The fourth-order valence-electron chi connectivity index (χ4n) is 6.58. The molecule has 5 rings (SSSR count). The first-order valence-electron chi connectivity index (χ1n) is 10.2. The van der Waals surface area contributed by atoms with Crippen molar-refractivity contribution < 1.29 is 14.6 Å². The Morgan fingerprint density at radius 1 is 1.04 bits per heavy atom. The van der Waals surface area contributed by atoms with E-state index in [-0.39, 0.29) is 0 Å². The molecule has 3 heteroatoms. The lowest BCUT2D eigenvalue weighted by Crippen LogP contribution is -2.49. The van der Waals surface area contributed by atoms with Crippen molar-refractivity contribution in [2.75, 3.05) is 0 Å². The smallest absolute Gasteiger partial charge is 0.127 e. The average molecular weight is 361 g/mol. The van der Waals surface area contributed by atoms with Gasteiger partial charge in [0.15, 0.2) is 0 Å². The Bertz CT molecular complexity index is 846. The number of para-hydroxylation sites is 1. The topological polar surface area (TPSA) is 49.4 Å². The molecule has 2 aromatic rings. The summed E-state index contributed by atoms with van der Waals surface area (Å²) >= 11 is 0. The van der Waals surface area contributed by atoms with Crippen LogP contribution in [0, 0.1) is 29.1 Å². The van der Waals surface area contributed by atoms with Crippen LogP contribution < -0.4 is 9.84 Å². The standard InChI is InChI=1S/C24H26O3/c25-23(26)24-12-11-18(22(24)17-9-10-19(24)15-17)13-16-5-4-8-21(14-16)27-20-6-2-1-3-7-20/h1-8,14,17-19,22H,9-13,15H2,(H,25,26)/p-1/t17-,18?,19+,22-,24-/m1/s1. The second kappa shape index (κ2) is 6.40. The highest BCUT2D eigenvalue weighted by Crippen LogP contribution is 2.68. The highest BCUT2D eigenvalue weighted by atomic mass is 16.5. The molecule has 0 amide bonds. The summed E-state index contributed by atoms with van der Waals surface area (Å²) < 4.78 is 5.97. The SMILES string of the molecule is O=C([O-])[C@@]12CCC(Cc3cccc(Oc4ccccc4)c3)[C@H]1[C@@H]1CC[C@H]2C1. The number of benzene rings is 2. The van der Waals surface area contributed by atoms with Gasteiger partial charge in [-0.3, -0.25) is 0 Å². The van der Waals surface area contributed by atoms with E-state index < -0.39 is 11.4 Å². The summed E-state index contributed by atoms with van der Waals surface area (Å²) in [6.45, 7) is 0. The van der Waals surface area contributed by atoms with Crippen LogP contribution in [0.4, 0.5) is 0 Å². The fraction of sp³-hybridized carbons (Fsp3) is 0.458. The lowest BCUT2D eigenvalue weighted by Gasteiger charge is -2.42. The Morgan fingerprint density at radius 2 is 1.85 bits per heavy atom. The van der Waals surface area contributed by atoms with Gasteiger partial charge in [-0.25, -0.2) is 0 Å². The lowest BCUT2D eigenvalue weighted by atomic mass is 9.65. The molecule has 3 aliphatic carbocycles. The highest BCUT2D eigenvalue weighted by molar-refractivity contribution is 5.75. The monoisotopic (exact) mass is 361 g/mol. The van der Waals surface area contributed by atoms with Crippen molar-refractivity contribution in [3.63, 3.8) is 0 Å². The lowest BCUT2D eigenvalue weighted by molar-refractivity contribution is -0.324. The quantitative estimate of drug-likeness (QED) is 0.801. The number of carboxylic acids is 1. The van der Waals surface area contributed by atoms with Gasteiger partial charge in [-0.15, -0.1) is 0 Å². The Labute approximate surface area is 160 Å². The molecule has 3 fully saturated rings. The number of rotatable bonds is 5. The van der Waals surface area contributed by atoms with E-state index in [0.717, 1.165) is 43.6 Å². The van der Waals surface area contributed by atoms with Gasteiger partial charge in [-0.1, -0.05) is 30.3 Å². The largest absolute Gasteiger partial charge is 0.550 e. The molecule has 5 atom stereocenters. The molecule has 2 aromatic carbocycles. The summed E-state index contributed by atoms with van der Waals surface area (Å²) in [6, 6.07) is 18.1. The van der Waals surface area contributed by atoms with E-state index in [0.29, 0.717) is 23.7 Å². The van der Waals surface area contributed by atoms with E-state index in [1.807, 2.05) is 42.5 Å². The van der Waals surface area contributed by atoms with E-state index in [9.17, 15) is 9.90 Å². The summed E-state index contributed by atoms with van der Waals surface area (Å²) in [5, 5.41) is 12.1. The van der Waals surface area contributed by atoms with Gasteiger partial charge in [0.1, 0.15) is 11.5 Å². The van der Waals surface area contributed by atoms with Crippen LogP contribution in [0.25, 0.3) is 0 Å². The third kappa shape index (κ3) is 2.67. The minimum Gasteiger partial charge on any atom is -0.550 e. The van der Waals surface area contributed by atoms with Crippen LogP contribution in [0.1, 0.15) is 37.7 Å². The number of carboxylic acid groups (broad SMARTS) is 1. The van der Waals surface area contributed by atoms with Crippen molar-refractivity contribution in [3.8, 4) is 11.5 Å². The van der Waals surface area contributed by atoms with E-state index in [4.69, 9.17) is 4.74 Å². The summed E-state index contributed by atoms with van der Waals surface area (Å²) in [5.41, 5.74) is 0.705. The molecule has 3 nitrogen and oxygen atoms in total. The zero-order valence-corrected chi connectivity index (χ0v) is 15.5. The number of hydrogen-bond donors (Lipinski definition) is 0. The van der Waals surface area contributed by atoms with Crippen LogP contribution >= 0.6 is 0 Å². The maximum absolute atomic E-state index is 12.1. The molecule has 3 saturated carbocycles. The van der Waals surface area contributed by atoms with Crippen LogP contribution in [-0.2, 0) is 11.2 Å². The first-order valence-corrected chi connectivity index (χ1v) is 10.2. The van der Waals surface area contributed by atoms with Gasteiger partial charge in [0.25, 0.3) is 0 Å².